The van der Waals surface area contributed by atoms with Crippen molar-refractivity contribution in [1.82, 2.24) is 4.98 Å². The molecule has 0 spiro atoms. The van der Waals surface area contributed by atoms with E-state index in [0.29, 0.717) is 5.75 Å². The van der Waals surface area contributed by atoms with E-state index >= 15 is 0 Å². The van der Waals surface area contributed by atoms with Gasteiger partial charge in [0.05, 0.1) is 18.9 Å². The van der Waals surface area contributed by atoms with Gasteiger partial charge in [-0.05, 0) is 6.07 Å². The van der Waals surface area contributed by atoms with Gasteiger partial charge in [0.25, 0.3) is 5.92 Å². The smallest absolute Gasteiger partial charge is 0.339 e. The lowest BCUT2D eigenvalue weighted by Gasteiger charge is -2.34. The Morgan fingerprint density at radius 1 is 1.47 bits per heavy atom. The topological polar surface area (TPSA) is 48.4 Å². The van der Waals surface area contributed by atoms with Crippen molar-refractivity contribution >= 4 is 5.97 Å². The minimum absolute atomic E-state index is 0.232. The second kappa shape index (κ2) is 4.27. The van der Waals surface area contributed by atoms with Crippen molar-refractivity contribution in [2.45, 2.75) is 24.9 Å². The highest BCUT2D eigenvalue weighted by atomic mass is 19.3. The molecule has 0 unspecified atom stereocenters. The molecule has 1 fully saturated rings. The number of pyridine rings is 1. The van der Waals surface area contributed by atoms with E-state index in [1.54, 1.807) is 0 Å². The molecule has 2 rings (SSSR count). The number of aromatic nitrogens is 1. The third-order valence-electron chi connectivity index (χ3n) is 2.49. The minimum Gasteiger partial charge on any atom is -0.488 e. The van der Waals surface area contributed by atoms with E-state index in [2.05, 4.69) is 9.72 Å². The van der Waals surface area contributed by atoms with Crippen LogP contribution in [0.4, 0.5) is 8.78 Å². The van der Waals surface area contributed by atoms with Crippen LogP contribution in [0.3, 0.4) is 0 Å². The molecule has 0 bridgehead atoms. The zero-order chi connectivity index (χ0) is 12.5. The summed E-state index contributed by atoms with van der Waals surface area (Å²) in [5, 5.41) is 0. The summed E-state index contributed by atoms with van der Waals surface area (Å²) in [6.45, 7) is 0. The van der Waals surface area contributed by atoms with Gasteiger partial charge in [0.2, 0.25) is 0 Å². The van der Waals surface area contributed by atoms with E-state index in [1.165, 1.54) is 25.6 Å². The molecule has 0 radical (unpaired) electrons. The maximum atomic E-state index is 12.6. The molecule has 6 heteroatoms. The van der Waals surface area contributed by atoms with Crippen LogP contribution in [0, 0.1) is 0 Å². The van der Waals surface area contributed by atoms with Crippen LogP contribution in [-0.2, 0) is 4.74 Å². The zero-order valence-corrected chi connectivity index (χ0v) is 9.15. The van der Waals surface area contributed by atoms with E-state index in [4.69, 9.17) is 4.74 Å². The Balaban J connectivity index is 2.00. The number of halogens is 2. The van der Waals surface area contributed by atoms with Crippen molar-refractivity contribution in [2.75, 3.05) is 7.11 Å². The van der Waals surface area contributed by atoms with Crippen molar-refractivity contribution in [1.29, 1.82) is 0 Å². The first-order chi connectivity index (χ1) is 8.00. The largest absolute Gasteiger partial charge is 0.488 e. The highest BCUT2D eigenvalue weighted by Gasteiger charge is 2.47. The quantitative estimate of drug-likeness (QED) is 0.762. The van der Waals surface area contributed by atoms with E-state index in [0.717, 1.165) is 0 Å². The summed E-state index contributed by atoms with van der Waals surface area (Å²) < 4.78 is 35.0. The first-order valence-electron chi connectivity index (χ1n) is 5.08. The van der Waals surface area contributed by atoms with Gasteiger partial charge >= 0.3 is 5.97 Å². The molecule has 0 N–H and O–H groups in total. The number of carbonyl (C=O) groups excluding carboxylic acids is 1. The van der Waals surface area contributed by atoms with Crippen molar-refractivity contribution in [3.05, 3.63) is 24.0 Å². The molecule has 0 atom stereocenters. The van der Waals surface area contributed by atoms with Crippen LogP contribution in [0.5, 0.6) is 5.75 Å². The number of methoxy groups -OCH3 is 1. The SMILES string of the molecule is COC(=O)c1cncc(OC2CC(F)(F)C2)c1. The molecule has 4 nitrogen and oxygen atoms in total. The Hall–Kier alpha value is -1.72. The zero-order valence-electron chi connectivity index (χ0n) is 9.15. The molecule has 0 aliphatic heterocycles. The minimum atomic E-state index is -2.63. The van der Waals surface area contributed by atoms with Crippen molar-refractivity contribution in [3.63, 3.8) is 0 Å². The van der Waals surface area contributed by atoms with Crippen LogP contribution < -0.4 is 4.74 Å². The van der Waals surface area contributed by atoms with Crippen LogP contribution >= 0.6 is 0 Å². The maximum Gasteiger partial charge on any atom is 0.339 e. The van der Waals surface area contributed by atoms with Crippen LogP contribution in [0.25, 0.3) is 0 Å². The van der Waals surface area contributed by atoms with Gasteiger partial charge in [0.1, 0.15) is 11.9 Å². The van der Waals surface area contributed by atoms with E-state index in [-0.39, 0.29) is 18.4 Å². The van der Waals surface area contributed by atoms with Crippen LogP contribution in [0.15, 0.2) is 18.5 Å². The summed E-state index contributed by atoms with van der Waals surface area (Å²) in [6, 6.07) is 1.43. The van der Waals surface area contributed by atoms with Gasteiger partial charge in [0, 0.05) is 19.0 Å². The van der Waals surface area contributed by atoms with Gasteiger partial charge in [-0.1, -0.05) is 0 Å². The second-order valence-corrected chi connectivity index (χ2v) is 3.90. The van der Waals surface area contributed by atoms with Crippen LogP contribution in [0.1, 0.15) is 23.2 Å². The Kier molecular flexibility index (Phi) is 2.95. The van der Waals surface area contributed by atoms with E-state index in [1.807, 2.05) is 0 Å². The second-order valence-electron chi connectivity index (χ2n) is 3.90. The van der Waals surface area contributed by atoms with Gasteiger partial charge in [-0.3, -0.25) is 4.98 Å². The monoisotopic (exact) mass is 243 g/mol. The van der Waals surface area contributed by atoms with Gasteiger partial charge in [-0.15, -0.1) is 0 Å². The van der Waals surface area contributed by atoms with Crippen LogP contribution in [0.2, 0.25) is 0 Å². The summed E-state index contributed by atoms with van der Waals surface area (Å²) in [5.74, 6) is -2.87. The number of hydrogen-bond acceptors (Lipinski definition) is 4. The van der Waals surface area contributed by atoms with Crippen LogP contribution in [-0.4, -0.2) is 30.1 Å². The Morgan fingerprint density at radius 2 is 2.18 bits per heavy atom. The third-order valence-corrected chi connectivity index (χ3v) is 2.49. The number of carbonyl (C=O) groups is 1. The molecule has 0 aromatic carbocycles. The molecule has 1 heterocycles. The number of esters is 1. The summed E-state index contributed by atoms with van der Waals surface area (Å²) in [6.07, 6.45) is 1.60. The van der Waals surface area contributed by atoms with Gasteiger partial charge in [-0.25, -0.2) is 13.6 Å². The molecule has 0 amide bonds. The Morgan fingerprint density at radius 3 is 2.76 bits per heavy atom. The van der Waals surface area contributed by atoms with Gasteiger partial charge in [0.15, 0.2) is 0 Å². The summed E-state index contributed by atoms with van der Waals surface area (Å²) in [4.78, 5) is 15.0. The fraction of sp³-hybridized carbons (Fsp3) is 0.455. The molecule has 1 aliphatic carbocycles. The molecule has 17 heavy (non-hydrogen) atoms. The van der Waals surface area contributed by atoms with Crippen molar-refractivity contribution in [2.24, 2.45) is 0 Å². The number of alkyl halides is 2. The fourth-order valence-corrected chi connectivity index (χ4v) is 1.59. The normalized spacial score (nSPS) is 18.3. The number of ether oxygens (including phenoxy) is 2. The lowest BCUT2D eigenvalue weighted by molar-refractivity contribution is -0.134. The lowest BCUT2D eigenvalue weighted by atomic mass is 9.91. The first-order valence-corrected chi connectivity index (χ1v) is 5.08. The first kappa shape index (κ1) is 11.8. The Bertz CT molecular complexity index is 428. The van der Waals surface area contributed by atoms with Gasteiger partial charge in [-0.2, -0.15) is 0 Å². The average molecular weight is 243 g/mol. The molecule has 92 valence electrons. The number of rotatable bonds is 3. The highest BCUT2D eigenvalue weighted by Crippen LogP contribution is 2.39. The van der Waals surface area contributed by atoms with E-state index < -0.39 is 18.0 Å². The number of hydrogen-bond donors (Lipinski definition) is 0. The number of nitrogens with zero attached hydrogens (tertiary/aromatic N) is 1. The summed E-state index contributed by atoms with van der Waals surface area (Å²) in [5.41, 5.74) is 0.232. The standard InChI is InChI=1S/C11H11F2NO3/c1-16-10(15)7-2-8(6-14-5-7)17-9-3-11(12,13)4-9/h2,5-6,9H,3-4H2,1H3. The maximum absolute atomic E-state index is 12.6. The third kappa shape index (κ3) is 2.69. The fourth-order valence-electron chi connectivity index (χ4n) is 1.59. The lowest BCUT2D eigenvalue weighted by Crippen LogP contribution is -2.43. The Labute approximate surface area is 96.6 Å². The molecular formula is C11H11F2NO3. The molecular weight excluding hydrogens is 232 g/mol. The highest BCUT2D eigenvalue weighted by molar-refractivity contribution is 5.89. The molecule has 0 saturated heterocycles. The molecule has 1 aromatic rings. The predicted octanol–water partition coefficient (Wildman–Crippen LogP) is 2.04. The molecule has 1 saturated carbocycles. The van der Waals surface area contributed by atoms with Crippen molar-refractivity contribution in [3.8, 4) is 5.75 Å². The average Bonchev–Trinajstić information content (AvgIpc) is 2.26. The van der Waals surface area contributed by atoms with Gasteiger partial charge < -0.3 is 9.47 Å². The van der Waals surface area contributed by atoms with E-state index in [9.17, 15) is 13.6 Å². The summed E-state index contributed by atoms with van der Waals surface area (Å²) >= 11 is 0. The molecule has 1 aliphatic rings. The van der Waals surface area contributed by atoms with Crippen molar-refractivity contribution < 1.29 is 23.0 Å². The predicted molar refractivity (Wildman–Crippen MR) is 54.2 cm³/mol. The molecule has 1 aromatic heterocycles. The summed E-state index contributed by atoms with van der Waals surface area (Å²) in [7, 11) is 1.25.